The maximum atomic E-state index is 12.4. The highest BCUT2D eigenvalue weighted by atomic mass is 32.1. The Balaban J connectivity index is 1.80. The van der Waals surface area contributed by atoms with E-state index in [2.05, 4.69) is 15.5 Å². The van der Waals surface area contributed by atoms with E-state index >= 15 is 0 Å². The van der Waals surface area contributed by atoms with Crippen LogP contribution < -0.4 is 5.32 Å². The Morgan fingerprint density at radius 2 is 2.36 bits per heavy atom. The van der Waals surface area contributed by atoms with Crippen molar-refractivity contribution in [3.8, 4) is 10.7 Å². The van der Waals surface area contributed by atoms with Crippen molar-refractivity contribution >= 4 is 40.8 Å². The lowest BCUT2D eigenvalue weighted by Crippen LogP contribution is -2.30. The minimum absolute atomic E-state index is 0.0819. The van der Waals surface area contributed by atoms with Gasteiger partial charge in [0.15, 0.2) is 10.6 Å². The van der Waals surface area contributed by atoms with E-state index in [4.69, 9.17) is 12.2 Å². The van der Waals surface area contributed by atoms with Gasteiger partial charge in [-0.25, -0.2) is 0 Å². The van der Waals surface area contributed by atoms with Crippen molar-refractivity contribution in [3.05, 3.63) is 44.7 Å². The zero-order valence-electron chi connectivity index (χ0n) is 11.8. The summed E-state index contributed by atoms with van der Waals surface area (Å²) in [6.45, 7) is 2.34. The monoisotopic (exact) mass is 350 g/mol. The number of thiophene rings is 2. The summed E-state index contributed by atoms with van der Waals surface area (Å²) in [5.74, 6) is 0.611. The van der Waals surface area contributed by atoms with Crippen molar-refractivity contribution in [1.82, 2.24) is 20.1 Å². The average Bonchev–Trinajstić information content (AvgIpc) is 3.25. The molecule has 3 heterocycles. The molecule has 0 bridgehead atoms. The van der Waals surface area contributed by atoms with Crippen LogP contribution in [0, 0.1) is 4.77 Å². The Kier molecular flexibility index (Phi) is 4.51. The third kappa shape index (κ3) is 3.03. The number of aromatic nitrogens is 3. The van der Waals surface area contributed by atoms with Crippen molar-refractivity contribution in [2.24, 2.45) is 0 Å². The van der Waals surface area contributed by atoms with E-state index in [0.717, 1.165) is 10.4 Å². The van der Waals surface area contributed by atoms with Gasteiger partial charge in [-0.15, -0.1) is 11.3 Å². The number of hydrogen-bond acceptors (Lipinski definition) is 5. The predicted molar refractivity (Wildman–Crippen MR) is 91.6 cm³/mol. The largest absolute Gasteiger partial charge is 0.350 e. The summed E-state index contributed by atoms with van der Waals surface area (Å²) in [5.41, 5.74) is 1.10. The summed E-state index contributed by atoms with van der Waals surface area (Å²) >= 11 is 8.46. The fraction of sp³-hybridized carbons (Fsp3) is 0.214. The second kappa shape index (κ2) is 6.55. The summed E-state index contributed by atoms with van der Waals surface area (Å²) in [6, 6.07) is 5.48. The number of carbonyl (C=O) groups is 1. The SMILES string of the molecule is C[C@H](C(=O)NCc1ccsc1)n1c(-c2cccs2)n[nH]c1=S. The number of hydrogen-bond donors (Lipinski definition) is 2. The average molecular weight is 350 g/mol. The quantitative estimate of drug-likeness (QED) is 0.691. The lowest BCUT2D eigenvalue weighted by molar-refractivity contribution is -0.124. The highest BCUT2D eigenvalue weighted by Crippen LogP contribution is 2.25. The third-order valence-corrected chi connectivity index (χ3v) is 5.15. The van der Waals surface area contributed by atoms with Crippen LogP contribution in [-0.2, 0) is 11.3 Å². The van der Waals surface area contributed by atoms with E-state index in [1.54, 1.807) is 27.2 Å². The number of carbonyl (C=O) groups excluding carboxylic acids is 1. The highest BCUT2D eigenvalue weighted by molar-refractivity contribution is 7.71. The van der Waals surface area contributed by atoms with Crippen LogP contribution in [0.1, 0.15) is 18.5 Å². The molecule has 8 heteroatoms. The van der Waals surface area contributed by atoms with E-state index in [1.807, 2.05) is 41.3 Å². The first-order valence-electron chi connectivity index (χ1n) is 6.66. The molecule has 1 atom stereocenters. The molecule has 0 fully saturated rings. The van der Waals surface area contributed by atoms with Gasteiger partial charge in [-0.1, -0.05) is 6.07 Å². The molecule has 0 unspecified atom stereocenters. The first-order valence-corrected chi connectivity index (χ1v) is 8.89. The Bertz CT molecular complexity index is 802. The second-order valence-corrected chi connectivity index (χ2v) is 6.84. The van der Waals surface area contributed by atoms with Crippen LogP contribution in [0.25, 0.3) is 10.7 Å². The molecule has 0 saturated heterocycles. The van der Waals surface area contributed by atoms with Crippen LogP contribution in [0.5, 0.6) is 0 Å². The highest BCUT2D eigenvalue weighted by Gasteiger charge is 2.21. The van der Waals surface area contributed by atoms with Crippen molar-refractivity contribution in [2.45, 2.75) is 19.5 Å². The van der Waals surface area contributed by atoms with E-state index in [-0.39, 0.29) is 5.91 Å². The number of nitrogens with one attached hydrogen (secondary N) is 2. The number of H-pyrrole nitrogens is 1. The zero-order valence-corrected chi connectivity index (χ0v) is 14.2. The number of rotatable bonds is 5. The van der Waals surface area contributed by atoms with E-state index < -0.39 is 6.04 Å². The van der Waals surface area contributed by atoms with Crippen LogP contribution in [0.4, 0.5) is 0 Å². The molecule has 2 N–H and O–H groups in total. The molecule has 5 nitrogen and oxygen atoms in total. The summed E-state index contributed by atoms with van der Waals surface area (Å²) in [6.07, 6.45) is 0. The summed E-state index contributed by atoms with van der Waals surface area (Å²) < 4.78 is 2.20. The summed E-state index contributed by atoms with van der Waals surface area (Å²) in [7, 11) is 0. The molecule has 3 aromatic heterocycles. The molecular weight excluding hydrogens is 336 g/mol. The number of nitrogens with zero attached hydrogens (tertiary/aromatic N) is 2. The molecular formula is C14H14N4OS3. The standard InChI is InChI=1S/C14H14N4OS3/c1-9(13(19)15-7-10-4-6-21-8-10)18-12(16-17-14(18)20)11-3-2-5-22-11/h2-6,8-9H,7H2,1H3,(H,15,19)(H,17,20)/t9-/m1/s1. The minimum atomic E-state index is -0.429. The van der Waals surface area contributed by atoms with E-state index in [9.17, 15) is 4.79 Å². The molecule has 0 radical (unpaired) electrons. The van der Waals surface area contributed by atoms with Gasteiger partial charge in [0.2, 0.25) is 5.91 Å². The molecule has 3 rings (SSSR count). The van der Waals surface area contributed by atoms with Gasteiger partial charge in [0.1, 0.15) is 6.04 Å². The van der Waals surface area contributed by atoms with Gasteiger partial charge >= 0.3 is 0 Å². The molecule has 0 aliphatic carbocycles. The Morgan fingerprint density at radius 3 is 3.05 bits per heavy atom. The number of amides is 1. The van der Waals surface area contributed by atoms with Crippen LogP contribution in [0.15, 0.2) is 34.3 Å². The zero-order chi connectivity index (χ0) is 15.5. The first kappa shape index (κ1) is 15.1. The van der Waals surface area contributed by atoms with Gasteiger partial charge < -0.3 is 5.32 Å². The summed E-state index contributed by atoms with van der Waals surface area (Å²) in [4.78, 5) is 13.4. The van der Waals surface area contributed by atoms with Crippen molar-refractivity contribution < 1.29 is 4.79 Å². The molecule has 0 saturated carbocycles. The second-order valence-electron chi connectivity index (χ2n) is 4.73. The van der Waals surface area contributed by atoms with E-state index in [0.29, 0.717) is 17.1 Å². The summed E-state index contributed by atoms with van der Waals surface area (Å²) in [5, 5.41) is 15.9. The predicted octanol–water partition coefficient (Wildman–Crippen LogP) is 3.61. The third-order valence-electron chi connectivity index (χ3n) is 3.26. The van der Waals surface area contributed by atoms with Crippen LogP contribution >= 0.6 is 34.9 Å². The Hall–Kier alpha value is -1.77. The lowest BCUT2D eigenvalue weighted by Gasteiger charge is -2.15. The van der Waals surface area contributed by atoms with Gasteiger partial charge in [-0.3, -0.25) is 14.5 Å². The molecule has 0 aliphatic rings. The molecule has 0 aromatic carbocycles. The van der Waals surface area contributed by atoms with Gasteiger partial charge in [0.05, 0.1) is 4.88 Å². The van der Waals surface area contributed by atoms with E-state index in [1.165, 1.54) is 0 Å². The molecule has 22 heavy (non-hydrogen) atoms. The van der Waals surface area contributed by atoms with Gasteiger partial charge in [-0.05, 0) is 53.0 Å². The fourth-order valence-corrected chi connectivity index (χ4v) is 3.76. The number of aromatic amines is 1. The molecule has 1 amide bonds. The normalized spacial score (nSPS) is 12.2. The topological polar surface area (TPSA) is 62.7 Å². The Labute approximate surface area is 140 Å². The molecule has 0 aliphatic heterocycles. The smallest absolute Gasteiger partial charge is 0.243 e. The maximum absolute atomic E-state index is 12.4. The van der Waals surface area contributed by atoms with Crippen LogP contribution in [0.2, 0.25) is 0 Å². The van der Waals surface area contributed by atoms with Gasteiger partial charge in [0.25, 0.3) is 0 Å². The molecule has 3 aromatic rings. The van der Waals surface area contributed by atoms with Crippen LogP contribution in [-0.4, -0.2) is 20.7 Å². The first-order chi connectivity index (χ1) is 10.7. The fourth-order valence-electron chi connectivity index (χ4n) is 2.09. The lowest BCUT2D eigenvalue weighted by atomic mass is 10.2. The Morgan fingerprint density at radius 1 is 1.50 bits per heavy atom. The maximum Gasteiger partial charge on any atom is 0.243 e. The van der Waals surface area contributed by atoms with Crippen molar-refractivity contribution in [2.75, 3.05) is 0 Å². The van der Waals surface area contributed by atoms with Crippen LogP contribution in [0.3, 0.4) is 0 Å². The minimum Gasteiger partial charge on any atom is -0.350 e. The van der Waals surface area contributed by atoms with Gasteiger partial charge in [-0.2, -0.15) is 16.4 Å². The molecule has 114 valence electrons. The van der Waals surface area contributed by atoms with Crippen molar-refractivity contribution in [1.29, 1.82) is 0 Å². The van der Waals surface area contributed by atoms with Crippen molar-refractivity contribution in [3.63, 3.8) is 0 Å². The van der Waals surface area contributed by atoms with Gasteiger partial charge in [0, 0.05) is 6.54 Å². The molecule has 0 spiro atoms.